The van der Waals surface area contributed by atoms with Crippen molar-refractivity contribution in [1.82, 2.24) is 15.2 Å². The standard InChI is InChI=1S/C18H19F2N3O2.ClH/c19-12-7-11(8-13(20)9-12)17-22-15-10-23(6-4-16(15)25-17)18(24)14-3-1-2-5-21-14;/h7-9,14,21H,1-6,10H2;1H/t14-;/m1./s1. The third-order valence-corrected chi connectivity index (χ3v) is 4.76. The van der Waals surface area contributed by atoms with Crippen LogP contribution in [0.25, 0.3) is 11.5 Å². The highest BCUT2D eigenvalue weighted by Crippen LogP contribution is 2.27. The van der Waals surface area contributed by atoms with Crippen LogP contribution in [0.15, 0.2) is 22.6 Å². The van der Waals surface area contributed by atoms with E-state index in [1.54, 1.807) is 4.90 Å². The first-order chi connectivity index (χ1) is 12.1. The smallest absolute Gasteiger partial charge is 0.240 e. The van der Waals surface area contributed by atoms with Gasteiger partial charge in [-0.1, -0.05) is 6.42 Å². The molecular weight excluding hydrogens is 364 g/mol. The molecule has 0 aliphatic carbocycles. The Labute approximate surface area is 156 Å². The fourth-order valence-electron chi connectivity index (χ4n) is 3.47. The number of nitrogens with zero attached hydrogens (tertiary/aromatic N) is 2. The molecule has 4 rings (SSSR count). The number of aromatic nitrogens is 1. The van der Waals surface area contributed by atoms with Gasteiger partial charge in [0.05, 0.1) is 12.6 Å². The number of halogens is 3. The minimum atomic E-state index is -0.675. The molecule has 1 aromatic heterocycles. The molecule has 0 spiro atoms. The second kappa shape index (κ2) is 7.72. The van der Waals surface area contributed by atoms with Gasteiger partial charge in [0, 0.05) is 24.6 Å². The molecule has 1 N–H and O–H groups in total. The van der Waals surface area contributed by atoms with Crippen molar-refractivity contribution < 1.29 is 18.0 Å². The van der Waals surface area contributed by atoms with Gasteiger partial charge in [-0.05, 0) is 31.5 Å². The second-order valence-corrected chi connectivity index (χ2v) is 6.56. The summed E-state index contributed by atoms with van der Waals surface area (Å²) < 4.78 is 32.5. The predicted molar refractivity (Wildman–Crippen MR) is 93.9 cm³/mol. The van der Waals surface area contributed by atoms with Crippen molar-refractivity contribution in [2.75, 3.05) is 13.1 Å². The molecule has 2 aliphatic heterocycles. The summed E-state index contributed by atoms with van der Waals surface area (Å²) in [4.78, 5) is 18.8. The summed E-state index contributed by atoms with van der Waals surface area (Å²) in [5.74, 6) is -0.391. The van der Waals surface area contributed by atoms with E-state index in [1.165, 1.54) is 12.1 Å². The van der Waals surface area contributed by atoms with Crippen LogP contribution in [-0.2, 0) is 17.8 Å². The molecule has 1 amide bonds. The van der Waals surface area contributed by atoms with Crippen molar-refractivity contribution in [3.05, 3.63) is 41.3 Å². The van der Waals surface area contributed by atoms with E-state index in [-0.39, 0.29) is 35.8 Å². The Morgan fingerprint density at radius 1 is 1.23 bits per heavy atom. The van der Waals surface area contributed by atoms with E-state index in [0.29, 0.717) is 31.0 Å². The lowest BCUT2D eigenvalue weighted by atomic mass is 10.0. The third-order valence-electron chi connectivity index (χ3n) is 4.76. The molecule has 1 aromatic carbocycles. The van der Waals surface area contributed by atoms with Crippen LogP contribution in [0.1, 0.15) is 30.7 Å². The van der Waals surface area contributed by atoms with E-state index < -0.39 is 11.6 Å². The molecule has 0 radical (unpaired) electrons. The normalized spacial score (nSPS) is 19.6. The average Bonchev–Trinajstić information content (AvgIpc) is 3.04. The molecule has 1 saturated heterocycles. The van der Waals surface area contributed by atoms with Crippen molar-refractivity contribution in [3.63, 3.8) is 0 Å². The lowest BCUT2D eigenvalue weighted by molar-refractivity contribution is -0.135. The fourth-order valence-corrected chi connectivity index (χ4v) is 3.47. The van der Waals surface area contributed by atoms with Gasteiger partial charge < -0.3 is 14.6 Å². The Bertz CT molecular complexity index is 785. The molecule has 140 valence electrons. The minimum absolute atomic E-state index is 0. The summed E-state index contributed by atoms with van der Waals surface area (Å²) in [6.45, 7) is 1.80. The Balaban J connectivity index is 0.00000196. The zero-order valence-electron chi connectivity index (χ0n) is 14.1. The molecule has 1 fully saturated rings. The van der Waals surface area contributed by atoms with Crippen LogP contribution >= 0.6 is 12.4 Å². The SMILES string of the molecule is Cl.O=C([C@H]1CCCCN1)N1CCc2oc(-c3cc(F)cc(F)c3)nc2C1. The van der Waals surface area contributed by atoms with Crippen LogP contribution in [0.2, 0.25) is 0 Å². The summed E-state index contributed by atoms with van der Waals surface area (Å²) in [7, 11) is 0. The van der Waals surface area contributed by atoms with Gasteiger partial charge in [0.25, 0.3) is 0 Å². The zero-order valence-corrected chi connectivity index (χ0v) is 15.0. The minimum Gasteiger partial charge on any atom is -0.441 e. The summed E-state index contributed by atoms with van der Waals surface area (Å²) in [5, 5.41) is 3.27. The molecule has 26 heavy (non-hydrogen) atoms. The predicted octanol–water partition coefficient (Wildman–Crippen LogP) is 3.07. The van der Waals surface area contributed by atoms with Gasteiger partial charge in [0.1, 0.15) is 23.1 Å². The largest absolute Gasteiger partial charge is 0.441 e. The fraction of sp³-hybridized carbons (Fsp3) is 0.444. The van der Waals surface area contributed by atoms with Gasteiger partial charge in [-0.2, -0.15) is 0 Å². The van der Waals surface area contributed by atoms with Crippen molar-refractivity contribution in [2.45, 2.75) is 38.3 Å². The van der Waals surface area contributed by atoms with E-state index in [4.69, 9.17) is 4.42 Å². The summed E-state index contributed by atoms with van der Waals surface area (Å²) in [6.07, 6.45) is 3.57. The van der Waals surface area contributed by atoms with Gasteiger partial charge in [-0.25, -0.2) is 13.8 Å². The van der Waals surface area contributed by atoms with E-state index in [9.17, 15) is 13.6 Å². The molecule has 1 atom stereocenters. The van der Waals surface area contributed by atoms with E-state index in [0.717, 1.165) is 31.9 Å². The number of amides is 1. The summed E-state index contributed by atoms with van der Waals surface area (Å²) in [6, 6.07) is 3.06. The van der Waals surface area contributed by atoms with Crippen molar-refractivity contribution in [3.8, 4) is 11.5 Å². The van der Waals surface area contributed by atoms with Crippen LogP contribution in [0.4, 0.5) is 8.78 Å². The molecule has 2 aliphatic rings. The van der Waals surface area contributed by atoms with Crippen molar-refractivity contribution >= 4 is 18.3 Å². The Hall–Kier alpha value is -1.99. The number of nitrogens with one attached hydrogen (secondary N) is 1. The van der Waals surface area contributed by atoms with Crippen LogP contribution in [-0.4, -0.2) is 34.9 Å². The average molecular weight is 384 g/mol. The maximum absolute atomic E-state index is 13.4. The Morgan fingerprint density at radius 2 is 2.00 bits per heavy atom. The summed E-state index contributed by atoms with van der Waals surface area (Å²) in [5.41, 5.74) is 0.925. The van der Waals surface area contributed by atoms with Crippen molar-refractivity contribution in [2.24, 2.45) is 0 Å². The van der Waals surface area contributed by atoms with Gasteiger partial charge in [0.15, 0.2) is 0 Å². The first-order valence-electron chi connectivity index (χ1n) is 8.57. The van der Waals surface area contributed by atoms with E-state index in [2.05, 4.69) is 10.3 Å². The maximum atomic E-state index is 13.4. The molecule has 5 nitrogen and oxygen atoms in total. The maximum Gasteiger partial charge on any atom is 0.240 e. The van der Waals surface area contributed by atoms with E-state index in [1.807, 2.05) is 0 Å². The van der Waals surface area contributed by atoms with Gasteiger partial charge in [-0.3, -0.25) is 4.79 Å². The molecule has 0 unspecified atom stereocenters. The first-order valence-corrected chi connectivity index (χ1v) is 8.57. The molecule has 3 heterocycles. The molecular formula is C18H20ClF2N3O2. The van der Waals surface area contributed by atoms with E-state index >= 15 is 0 Å². The second-order valence-electron chi connectivity index (χ2n) is 6.56. The Morgan fingerprint density at radius 3 is 2.69 bits per heavy atom. The van der Waals surface area contributed by atoms with Crippen molar-refractivity contribution in [1.29, 1.82) is 0 Å². The number of hydrogen-bond donors (Lipinski definition) is 1. The lowest BCUT2D eigenvalue weighted by Gasteiger charge is -2.31. The van der Waals surface area contributed by atoms with Crippen LogP contribution in [0, 0.1) is 11.6 Å². The number of piperidine rings is 1. The number of fused-ring (bicyclic) bond motifs is 1. The molecule has 0 saturated carbocycles. The lowest BCUT2D eigenvalue weighted by Crippen LogP contribution is -2.49. The summed E-state index contributed by atoms with van der Waals surface area (Å²) >= 11 is 0. The molecule has 2 aromatic rings. The quantitative estimate of drug-likeness (QED) is 0.865. The monoisotopic (exact) mass is 383 g/mol. The Kier molecular flexibility index (Phi) is 5.58. The molecule has 0 bridgehead atoms. The number of carbonyl (C=O) groups is 1. The zero-order chi connectivity index (χ0) is 17.4. The first kappa shape index (κ1) is 18.8. The van der Waals surface area contributed by atoms with Crippen LogP contribution in [0.5, 0.6) is 0 Å². The third kappa shape index (κ3) is 3.73. The highest BCUT2D eigenvalue weighted by Gasteiger charge is 2.30. The highest BCUT2D eigenvalue weighted by molar-refractivity contribution is 5.85. The number of oxazole rings is 1. The highest BCUT2D eigenvalue weighted by atomic mass is 35.5. The van der Waals surface area contributed by atoms with Gasteiger partial charge >= 0.3 is 0 Å². The van der Waals surface area contributed by atoms with Gasteiger partial charge in [-0.15, -0.1) is 12.4 Å². The molecule has 8 heteroatoms. The number of benzene rings is 1. The number of hydrogen-bond acceptors (Lipinski definition) is 4. The number of carbonyl (C=O) groups excluding carboxylic acids is 1. The number of rotatable bonds is 2. The topological polar surface area (TPSA) is 58.4 Å². The van der Waals surface area contributed by atoms with Crippen LogP contribution in [0.3, 0.4) is 0 Å². The van der Waals surface area contributed by atoms with Crippen LogP contribution < -0.4 is 5.32 Å². The van der Waals surface area contributed by atoms with Gasteiger partial charge in [0.2, 0.25) is 11.8 Å².